The lowest BCUT2D eigenvalue weighted by molar-refractivity contribution is -0.107. The largest absolute Gasteiger partial charge is 0.394 e. The molecule has 0 amide bonds. The summed E-state index contributed by atoms with van der Waals surface area (Å²) in [6.07, 6.45) is -2.78. The van der Waals surface area contributed by atoms with E-state index in [1.165, 1.54) is 12.3 Å². The van der Waals surface area contributed by atoms with Crippen LogP contribution in [0.4, 0.5) is 10.2 Å². The molecular weight excluding hydrogens is 245 g/mol. The number of hydrogen-bond donors (Lipinski definition) is 3. The highest BCUT2D eigenvalue weighted by atomic mass is 19.1. The summed E-state index contributed by atoms with van der Waals surface area (Å²) in [5.74, 6) is 0.0763. The highest BCUT2D eigenvalue weighted by Gasteiger charge is 2.25. The minimum Gasteiger partial charge on any atom is -0.394 e. The van der Waals surface area contributed by atoms with Gasteiger partial charge in [-0.05, 0) is 13.0 Å². The van der Waals surface area contributed by atoms with Crippen molar-refractivity contribution in [3.05, 3.63) is 22.7 Å². The molecule has 18 heavy (non-hydrogen) atoms. The van der Waals surface area contributed by atoms with Crippen molar-refractivity contribution in [2.24, 2.45) is 0 Å². The maximum Gasteiger partial charge on any atom is 0.351 e. The van der Waals surface area contributed by atoms with Gasteiger partial charge in [0, 0.05) is 6.20 Å². The molecule has 0 saturated carbocycles. The van der Waals surface area contributed by atoms with Crippen LogP contribution in [-0.2, 0) is 11.5 Å². The van der Waals surface area contributed by atoms with Gasteiger partial charge in [-0.3, -0.25) is 4.57 Å². The minimum atomic E-state index is -1.55. The van der Waals surface area contributed by atoms with Crippen LogP contribution in [0.3, 0.4) is 0 Å². The summed E-state index contributed by atoms with van der Waals surface area (Å²) < 4.78 is 19.0. The number of aliphatic hydroxyl groups is 2. The van der Waals surface area contributed by atoms with Crippen LogP contribution in [-0.4, -0.2) is 44.8 Å². The van der Waals surface area contributed by atoms with Crippen molar-refractivity contribution in [3.63, 3.8) is 0 Å². The predicted octanol–water partition coefficient (Wildman–Crippen LogP) is -1.12. The Kier molecular flexibility index (Phi) is 5.20. The lowest BCUT2D eigenvalue weighted by Gasteiger charge is -2.22. The van der Waals surface area contributed by atoms with Crippen LogP contribution in [0.1, 0.15) is 6.92 Å². The summed E-state index contributed by atoms with van der Waals surface area (Å²) in [6.45, 7) is 0.321. The van der Waals surface area contributed by atoms with E-state index in [1.807, 2.05) is 0 Å². The van der Waals surface area contributed by atoms with Gasteiger partial charge >= 0.3 is 5.69 Å². The van der Waals surface area contributed by atoms with Crippen LogP contribution in [0.2, 0.25) is 0 Å². The highest BCUT2D eigenvalue weighted by molar-refractivity contribution is 5.23. The summed E-state index contributed by atoms with van der Waals surface area (Å²) in [6, 6.07) is 1.40. The number of aromatic nitrogens is 2. The van der Waals surface area contributed by atoms with Crippen LogP contribution in [0.15, 0.2) is 17.1 Å². The summed E-state index contributed by atoms with van der Waals surface area (Å²) in [4.78, 5) is 14.8. The van der Waals surface area contributed by atoms with Gasteiger partial charge in [0.15, 0.2) is 0 Å². The topological polar surface area (TPSA) is 111 Å². The Labute approximate surface area is 103 Å². The molecule has 7 nitrogen and oxygen atoms in total. The lowest BCUT2D eigenvalue weighted by Crippen LogP contribution is -2.39. The molecule has 0 saturated heterocycles. The summed E-state index contributed by atoms with van der Waals surface area (Å²) >= 11 is 0. The van der Waals surface area contributed by atoms with Crippen LogP contribution in [0.5, 0.6) is 0 Å². The van der Waals surface area contributed by atoms with Crippen molar-refractivity contribution in [1.29, 1.82) is 0 Å². The maximum atomic E-state index is 12.9. The molecule has 1 unspecified atom stereocenters. The van der Waals surface area contributed by atoms with E-state index in [1.54, 1.807) is 0 Å². The number of alkyl halides is 1. The molecule has 0 aromatic carbocycles. The predicted molar refractivity (Wildman–Crippen MR) is 61.4 cm³/mol. The van der Waals surface area contributed by atoms with Gasteiger partial charge < -0.3 is 20.7 Å². The number of nitrogens with two attached hydrogens (primary N) is 1. The summed E-state index contributed by atoms with van der Waals surface area (Å²) in [5, 5.41) is 18.4. The molecule has 0 spiro atoms. The van der Waals surface area contributed by atoms with E-state index in [0.29, 0.717) is 0 Å². The smallest absolute Gasteiger partial charge is 0.351 e. The average molecular weight is 261 g/mol. The molecular formula is C10H16FN3O4. The number of hydrogen-bond acceptors (Lipinski definition) is 6. The summed E-state index contributed by atoms with van der Waals surface area (Å²) in [7, 11) is 0. The fourth-order valence-electron chi connectivity index (χ4n) is 1.27. The van der Waals surface area contributed by atoms with E-state index < -0.39 is 30.7 Å². The van der Waals surface area contributed by atoms with Crippen LogP contribution in [0.25, 0.3) is 0 Å². The van der Waals surface area contributed by atoms with Crippen LogP contribution < -0.4 is 11.4 Å². The lowest BCUT2D eigenvalue weighted by atomic mass is 10.1. The molecule has 1 aromatic heterocycles. The molecule has 8 heteroatoms. The first-order chi connectivity index (χ1) is 8.45. The van der Waals surface area contributed by atoms with E-state index in [9.17, 15) is 14.3 Å². The highest BCUT2D eigenvalue weighted by Crippen LogP contribution is 2.07. The molecule has 3 atom stereocenters. The molecule has 1 rings (SSSR count). The first-order valence-corrected chi connectivity index (χ1v) is 5.33. The third-order valence-corrected chi connectivity index (χ3v) is 2.35. The summed E-state index contributed by atoms with van der Waals surface area (Å²) in [5.41, 5.74) is 4.67. The molecule has 4 N–H and O–H groups in total. The number of ether oxygens (including phenoxy) is 1. The second kappa shape index (κ2) is 6.43. The zero-order chi connectivity index (χ0) is 13.7. The Hall–Kier alpha value is -1.51. The number of anilines is 1. The number of rotatable bonds is 6. The van der Waals surface area contributed by atoms with E-state index in [4.69, 9.17) is 15.6 Å². The molecule has 1 heterocycles. The second-order valence-corrected chi connectivity index (χ2v) is 3.79. The van der Waals surface area contributed by atoms with Crippen molar-refractivity contribution in [3.8, 4) is 0 Å². The van der Waals surface area contributed by atoms with Crippen molar-refractivity contribution in [1.82, 2.24) is 9.55 Å². The van der Waals surface area contributed by atoms with Crippen LogP contribution in [0, 0.1) is 0 Å². The third kappa shape index (κ3) is 3.76. The molecule has 0 radical (unpaired) electrons. The molecule has 0 aliphatic rings. The van der Waals surface area contributed by atoms with Gasteiger partial charge in [-0.1, -0.05) is 0 Å². The van der Waals surface area contributed by atoms with Crippen molar-refractivity contribution < 1.29 is 19.3 Å². The number of nitrogens with zero attached hydrogens (tertiary/aromatic N) is 2. The Morgan fingerprint density at radius 1 is 1.67 bits per heavy atom. The molecule has 0 fully saturated rings. The molecule has 0 aliphatic heterocycles. The maximum absolute atomic E-state index is 12.9. The number of halogens is 1. The van der Waals surface area contributed by atoms with E-state index in [2.05, 4.69) is 4.98 Å². The Balaban J connectivity index is 2.65. The van der Waals surface area contributed by atoms with E-state index in [-0.39, 0.29) is 12.5 Å². The van der Waals surface area contributed by atoms with E-state index in [0.717, 1.165) is 11.5 Å². The van der Waals surface area contributed by atoms with Gasteiger partial charge in [-0.2, -0.15) is 4.98 Å². The van der Waals surface area contributed by atoms with E-state index >= 15 is 0 Å². The normalized spacial score (nSPS) is 16.2. The molecule has 1 aromatic rings. The zero-order valence-electron chi connectivity index (χ0n) is 9.86. The molecule has 0 aliphatic carbocycles. The number of nitrogen functional groups attached to an aromatic ring is 1. The Morgan fingerprint density at radius 2 is 2.33 bits per heavy atom. The zero-order valence-corrected chi connectivity index (χ0v) is 9.86. The minimum absolute atomic E-state index is 0.0763. The van der Waals surface area contributed by atoms with Crippen molar-refractivity contribution >= 4 is 5.82 Å². The van der Waals surface area contributed by atoms with Gasteiger partial charge in [0.2, 0.25) is 0 Å². The Morgan fingerprint density at radius 3 is 2.83 bits per heavy atom. The second-order valence-electron chi connectivity index (χ2n) is 3.79. The first kappa shape index (κ1) is 14.6. The van der Waals surface area contributed by atoms with Gasteiger partial charge in [-0.15, -0.1) is 0 Å². The van der Waals surface area contributed by atoms with Gasteiger partial charge in [0.05, 0.1) is 6.61 Å². The number of aliphatic hydroxyl groups excluding tert-OH is 2. The Bertz CT molecular complexity index is 437. The van der Waals surface area contributed by atoms with Gasteiger partial charge in [0.1, 0.15) is 30.9 Å². The first-order valence-electron chi connectivity index (χ1n) is 5.33. The SMILES string of the molecule is CC(F)[C@@H](O)[C@@H](CO)OCn1ccc(N)nc1=O. The van der Waals surface area contributed by atoms with Gasteiger partial charge in [0.25, 0.3) is 0 Å². The molecule has 102 valence electrons. The fraction of sp³-hybridized carbons (Fsp3) is 0.600. The fourth-order valence-corrected chi connectivity index (χ4v) is 1.27. The van der Waals surface area contributed by atoms with Crippen molar-refractivity contribution in [2.75, 3.05) is 12.3 Å². The van der Waals surface area contributed by atoms with Crippen molar-refractivity contribution in [2.45, 2.75) is 32.0 Å². The molecule has 0 bridgehead atoms. The monoisotopic (exact) mass is 261 g/mol. The standard InChI is InChI=1S/C10H16FN3O4/c1-6(11)9(16)7(4-15)18-5-14-3-2-8(12)13-10(14)17/h2-3,6-7,9,15-16H,4-5H2,1H3,(H2,12,13,17)/t6?,7-,9-/m1/s1. The van der Waals surface area contributed by atoms with Gasteiger partial charge in [-0.25, -0.2) is 9.18 Å². The average Bonchev–Trinajstić information content (AvgIpc) is 2.31. The third-order valence-electron chi connectivity index (χ3n) is 2.35. The van der Waals surface area contributed by atoms with Crippen LogP contribution >= 0.6 is 0 Å². The quantitative estimate of drug-likeness (QED) is 0.598.